The van der Waals surface area contributed by atoms with E-state index >= 15 is 0 Å². The van der Waals surface area contributed by atoms with E-state index in [2.05, 4.69) is 9.69 Å². The monoisotopic (exact) mass is 378 g/mol. The molecule has 0 aliphatic heterocycles. The van der Waals surface area contributed by atoms with Gasteiger partial charge in [-0.2, -0.15) is 4.37 Å². The second kappa shape index (κ2) is 7.20. The lowest BCUT2D eigenvalue weighted by Gasteiger charge is -2.11. The Morgan fingerprint density at radius 2 is 2.04 bits per heavy atom. The minimum absolute atomic E-state index is 0.196. The van der Waals surface area contributed by atoms with Crippen LogP contribution in [0.3, 0.4) is 0 Å². The summed E-state index contributed by atoms with van der Waals surface area (Å²) in [6.45, 7) is 1.97. The maximum atomic E-state index is 12.5. The Morgan fingerprint density at radius 3 is 2.76 bits per heavy atom. The number of nitrogens with one attached hydrogen (secondary N) is 1. The second-order valence-electron chi connectivity index (χ2n) is 5.33. The summed E-state index contributed by atoms with van der Waals surface area (Å²) in [6, 6.07) is 7.19. The van der Waals surface area contributed by atoms with Crippen molar-refractivity contribution in [1.29, 1.82) is 0 Å². The highest BCUT2D eigenvalue weighted by Gasteiger charge is 2.16. The largest absolute Gasteiger partial charge is 0.350 e. The van der Waals surface area contributed by atoms with E-state index in [1.807, 2.05) is 18.2 Å². The zero-order valence-electron chi connectivity index (χ0n) is 13.4. The van der Waals surface area contributed by atoms with Gasteiger partial charge in [-0.3, -0.25) is 18.7 Å². The van der Waals surface area contributed by atoms with Gasteiger partial charge in [0.15, 0.2) is 5.52 Å². The van der Waals surface area contributed by atoms with Crippen LogP contribution in [-0.4, -0.2) is 19.4 Å². The molecule has 2 aromatic heterocycles. The molecule has 1 N–H and O–H groups in total. The van der Waals surface area contributed by atoms with E-state index in [-0.39, 0.29) is 31.1 Å². The molecule has 0 aliphatic carbocycles. The molecule has 0 saturated carbocycles. The van der Waals surface area contributed by atoms with Crippen molar-refractivity contribution in [3.05, 3.63) is 61.1 Å². The van der Waals surface area contributed by atoms with E-state index in [0.29, 0.717) is 10.5 Å². The maximum absolute atomic E-state index is 12.5. The van der Waals surface area contributed by atoms with E-state index in [1.54, 1.807) is 18.4 Å². The Kier molecular flexibility index (Phi) is 5.00. The summed E-state index contributed by atoms with van der Waals surface area (Å²) < 4.78 is 6.38. The van der Waals surface area contributed by atoms with Gasteiger partial charge in [-0.1, -0.05) is 29.8 Å². The van der Waals surface area contributed by atoms with Crippen LogP contribution in [0.1, 0.15) is 12.5 Å². The lowest BCUT2D eigenvalue weighted by atomic mass is 10.2. The first-order valence-corrected chi connectivity index (χ1v) is 8.82. The van der Waals surface area contributed by atoms with Crippen molar-refractivity contribution in [2.45, 2.75) is 26.6 Å². The predicted molar refractivity (Wildman–Crippen MR) is 97.1 cm³/mol. The van der Waals surface area contributed by atoms with Gasteiger partial charge in [0.1, 0.15) is 6.54 Å². The van der Waals surface area contributed by atoms with Gasteiger partial charge in [0.05, 0.1) is 5.52 Å². The molecule has 0 saturated heterocycles. The van der Waals surface area contributed by atoms with Crippen LogP contribution in [0.5, 0.6) is 0 Å². The van der Waals surface area contributed by atoms with Crippen molar-refractivity contribution in [2.75, 3.05) is 0 Å². The van der Waals surface area contributed by atoms with Crippen molar-refractivity contribution in [3.63, 3.8) is 0 Å². The van der Waals surface area contributed by atoms with Crippen LogP contribution in [0.25, 0.3) is 11.0 Å². The van der Waals surface area contributed by atoms with Crippen LogP contribution in [-0.2, 0) is 24.4 Å². The molecule has 0 radical (unpaired) electrons. The number of halogens is 1. The Hall–Kier alpha value is -2.45. The number of benzene rings is 1. The minimum atomic E-state index is -0.520. The van der Waals surface area contributed by atoms with Gasteiger partial charge >= 0.3 is 5.69 Å². The third-order valence-electron chi connectivity index (χ3n) is 3.80. The first-order valence-electron chi connectivity index (χ1n) is 7.60. The smallest absolute Gasteiger partial charge is 0.332 e. The maximum Gasteiger partial charge on any atom is 0.332 e. The number of carbonyl (C=O) groups excluding carboxylic acids is 1. The zero-order chi connectivity index (χ0) is 18.0. The van der Waals surface area contributed by atoms with Crippen LogP contribution < -0.4 is 16.6 Å². The SMILES string of the molecule is CCn1c(=O)c2nscc2n(CC(=O)NCc2ccccc2Cl)c1=O. The van der Waals surface area contributed by atoms with Crippen LogP contribution in [0.2, 0.25) is 5.02 Å². The molecule has 0 bridgehead atoms. The Labute approximate surface area is 151 Å². The van der Waals surface area contributed by atoms with E-state index < -0.39 is 11.2 Å². The molecule has 3 rings (SSSR count). The fourth-order valence-corrected chi connectivity index (χ4v) is 3.37. The molecule has 9 heteroatoms. The second-order valence-corrected chi connectivity index (χ2v) is 6.37. The van der Waals surface area contributed by atoms with E-state index in [1.165, 1.54) is 4.57 Å². The predicted octanol–water partition coefficient (Wildman–Crippen LogP) is 1.61. The van der Waals surface area contributed by atoms with Gasteiger partial charge in [0.2, 0.25) is 5.91 Å². The lowest BCUT2D eigenvalue weighted by molar-refractivity contribution is -0.121. The standard InChI is InChI=1S/C16H15ClN4O3S/c1-2-20-15(23)14-12(9-25-19-14)21(16(20)24)8-13(22)18-7-10-5-3-4-6-11(10)17/h3-6,9H,2,7-8H2,1H3,(H,18,22). The third kappa shape index (κ3) is 3.35. The first kappa shape index (κ1) is 17.4. The van der Waals surface area contributed by atoms with Crippen molar-refractivity contribution in [3.8, 4) is 0 Å². The number of nitrogens with zero attached hydrogens (tertiary/aromatic N) is 3. The van der Waals surface area contributed by atoms with Crippen LogP contribution in [0, 0.1) is 0 Å². The average molecular weight is 379 g/mol. The normalized spacial score (nSPS) is 11.0. The molecule has 0 unspecified atom stereocenters. The number of aromatic nitrogens is 3. The van der Waals surface area contributed by atoms with Crippen molar-refractivity contribution >= 4 is 40.1 Å². The molecule has 0 atom stereocenters. The van der Waals surface area contributed by atoms with Crippen LogP contribution in [0.15, 0.2) is 39.2 Å². The van der Waals surface area contributed by atoms with E-state index in [4.69, 9.17) is 11.6 Å². The molecule has 2 heterocycles. The molecule has 0 spiro atoms. The summed E-state index contributed by atoms with van der Waals surface area (Å²) in [5.41, 5.74) is 0.401. The Bertz CT molecular complexity index is 1050. The molecule has 7 nitrogen and oxygen atoms in total. The molecule has 130 valence electrons. The zero-order valence-corrected chi connectivity index (χ0v) is 14.9. The minimum Gasteiger partial charge on any atom is -0.350 e. The average Bonchev–Trinajstić information content (AvgIpc) is 3.08. The van der Waals surface area contributed by atoms with E-state index in [9.17, 15) is 14.4 Å². The number of rotatable bonds is 5. The number of hydrogen-bond donors (Lipinski definition) is 1. The fraction of sp³-hybridized carbons (Fsp3) is 0.250. The van der Waals surface area contributed by atoms with Crippen molar-refractivity contribution < 1.29 is 4.79 Å². The van der Waals surface area contributed by atoms with Crippen molar-refractivity contribution in [2.24, 2.45) is 0 Å². The van der Waals surface area contributed by atoms with Gasteiger partial charge < -0.3 is 5.32 Å². The summed E-state index contributed by atoms with van der Waals surface area (Å²) in [7, 11) is 0. The van der Waals surface area contributed by atoms with Gasteiger partial charge in [-0.25, -0.2) is 4.79 Å². The van der Waals surface area contributed by atoms with Crippen molar-refractivity contribution in [1.82, 2.24) is 18.8 Å². The fourth-order valence-electron chi connectivity index (χ4n) is 2.50. The number of amides is 1. The molecule has 0 fully saturated rings. The van der Waals surface area contributed by atoms with Gasteiger partial charge in [-0.15, -0.1) is 0 Å². The summed E-state index contributed by atoms with van der Waals surface area (Å²) >= 11 is 7.14. The quantitative estimate of drug-likeness (QED) is 0.730. The topological polar surface area (TPSA) is 86.0 Å². The summed E-state index contributed by atoms with van der Waals surface area (Å²) in [5, 5.41) is 4.89. The van der Waals surface area contributed by atoms with Gasteiger partial charge in [0, 0.05) is 23.5 Å². The third-order valence-corrected chi connectivity index (χ3v) is 4.79. The molecular formula is C16H15ClN4O3S. The molecule has 0 aliphatic rings. The highest BCUT2D eigenvalue weighted by atomic mass is 35.5. The number of fused-ring (bicyclic) bond motifs is 1. The number of carbonyl (C=O) groups is 1. The first-order chi connectivity index (χ1) is 12.0. The van der Waals surface area contributed by atoms with Gasteiger partial charge in [0.25, 0.3) is 5.56 Å². The van der Waals surface area contributed by atoms with Gasteiger partial charge in [-0.05, 0) is 30.1 Å². The van der Waals surface area contributed by atoms with E-state index in [0.717, 1.165) is 21.7 Å². The number of hydrogen-bond acceptors (Lipinski definition) is 5. The Balaban J connectivity index is 1.87. The summed E-state index contributed by atoms with van der Waals surface area (Å²) in [4.78, 5) is 37.0. The highest BCUT2D eigenvalue weighted by molar-refractivity contribution is 7.04. The van der Waals surface area contributed by atoms with Crippen LogP contribution in [0.4, 0.5) is 0 Å². The molecule has 3 aromatic rings. The lowest BCUT2D eigenvalue weighted by Crippen LogP contribution is -2.42. The van der Waals surface area contributed by atoms with Crippen LogP contribution >= 0.6 is 23.1 Å². The Morgan fingerprint density at radius 1 is 1.28 bits per heavy atom. The summed E-state index contributed by atoms with van der Waals surface area (Å²) in [6.07, 6.45) is 0. The molecule has 25 heavy (non-hydrogen) atoms. The molecule has 1 amide bonds. The summed E-state index contributed by atoms with van der Waals surface area (Å²) in [5.74, 6) is -0.351. The molecular weight excluding hydrogens is 364 g/mol. The highest BCUT2D eigenvalue weighted by Crippen LogP contribution is 2.14. The molecule has 1 aromatic carbocycles.